The van der Waals surface area contributed by atoms with Gasteiger partial charge in [0.2, 0.25) is 0 Å². The molecule has 1 aliphatic heterocycles. The topological polar surface area (TPSA) is 41.6 Å². The summed E-state index contributed by atoms with van der Waals surface area (Å²) in [5, 5.41) is 3.63. The molecule has 1 atom stereocenters. The van der Waals surface area contributed by atoms with Gasteiger partial charge in [0.05, 0.1) is 0 Å². The van der Waals surface area contributed by atoms with Crippen LogP contribution in [-0.2, 0) is 11.3 Å². The van der Waals surface area contributed by atoms with Gasteiger partial charge in [0.15, 0.2) is 0 Å². The van der Waals surface area contributed by atoms with E-state index in [4.69, 9.17) is 4.74 Å². The van der Waals surface area contributed by atoms with E-state index in [1.807, 2.05) is 25.7 Å². The van der Waals surface area contributed by atoms with Crippen LogP contribution in [0.25, 0.3) is 0 Å². The third kappa shape index (κ3) is 6.22. The Bertz CT molecular complexity index is 522. The summed E-state index contributed by atoms with van der Waals surface area (Å²) in [5.74, 6) is 0. The molecule has 1 saturated heterocycles. The third-order valence-electron chi connectivity index (χ3n) is 4.06. The van der Waals surface area contributed by atoms with Gasteiger partial charge in [-0.3, -0.25) is 0 Å². The molecule has 1 N–H and O–H groups in total. The smallest absolute Gasteiger partial charge is 0.410 e. The highest BCUT2D eigenvalue weighted by Crippen LogP contribution is 2.16. The Morgan fingerprint density at radius 2 is 2.09 bits per heavy atom. The van der Waals surface area contributed by atoms with Gasteiger partial charge in [0, 0.05) is 25.7 Å². The van der Waals surface area contributed by atoms with Crippen LogP contribution in [-0.4, -0.2) is 35.7 Å². The number of carbonyl (C=O) groups is 1. The molecule has 2 rings (SSSR count). The minimum atomic E-state index is -0.424. The van der Waals surface area contributed by atoms with Crippen LogP contribution < -0.4 is 5.32 Å². The van der Waals surface area contributed by atoms with Crippen LogP contribution in [0.15, 0.2) is 24.3 Å². The Kier molecular flexibility index (Phi) is 6.05. The number of hydrogen-bond acceptors (Lipinski definition) is 3. The highest BCUT2D eigenvalue weighted by Gasteiger charge is 2.24. The van der Waals surface area contributed by atoms with Gasteiger partial charge in [0.1, 0.15) is 5.60 Å². The SMILES string of the molecule is Cc1cccc(CNC2CCCN(C(=O)OC(C)(C)C)CC2)c1. The fraction of sp³-hybridized carbons (Fsp3) is 0.632. The lowest BCUT2D eigenvalue weighted by Gasteiger charge is -2.26. The molecule has 0 aromatic heterocycles. The van der Waals surface area contributed by atoms with Crippen molar-refractivity contribution in [2.75, 3.05) is 13.1 Å². The number of ether oxygens (including phenoxy) is 1. The predicted octanol–water partition coefficient (Wildman–Crippen LogP) is 3.87. The Balaban J connectivity index is 1.80. The molecule has 23 heavy (non-hydrogen) atoms. The molecule has 0 radical (unpaired) electrons. The van der Waals surface area contributed by atoms with Gasteiger partial charge in [-0.15, -0.1) is 0 Å². The zero-order valence-electron chi connectivity index (χ0n) is 14.9. The zero-order chi connectivity index (χ0) is 16.9. The summed E-state index contributed by atoms with van der Waals surface area (Å²) in [4.78, 5) is 14.0. The number of hydrogen-bond donors (Lipinski definition) is 1. The van der Waals surface area contributed by atoms with E-state index in [1.54, 1.807) is 0 Å². The van der Waals surface area contributed by atoms with Crippen molar-refractivity contribution >= 4 is 6.09 Å². The van der Waals surface area contributed by atoms with Crippen molar-refractivity contribution in [3.63, 3.8) is 0 Å². The molecule has 4 nitrogen and oxygen atoms in total. The summed E-state index contributed by atoms with van der Waals surface area (Å²) >= 11 is 0. The molecule has 1 aromatic rings. The van der Waals surface area contributed by atoms with Crippen LogP contribution in [0.4, 0.5) is 4.79 Å². The molecule has 1 aromatic carbocycles. The summed E-state index contributed by atoms with van der Waals surface area (Å²) in [5.41, 5.74) is 2.19. The van der Waals surface area contributed by atoms with Gasteiger partial charge in [-0.2, -0.15) is 0 Å². The molecule has 1 heterocycles. The number of amides is 1. The summed E-state index contributed by atoms with van der Waals surface area (Å²) in [7, 11) is 0. The van der Waals surface area contributed by atoms with Gasteiger partial charge >= 0.3 is 6.09 Å². The zero-order valence-corrected chi connectivity index (χ0v) is 14.9. The van der Waals surface area contributed by atoms with Crippen molar-refractivity contribution in [1.82, 2.24) is 10.2 Å². The van der Waals surface area contributed by atoms with Gasteiger partial charge < -0.3 is 15.0 Å². The number of aryl methyl sites for hydroxylation is 1. The molecule has 1 fully saturated rings. The standard InChI is InChI=1S/C19H30N2O2/c1-15-7-5-8-16(13-15)14-20-17-9-6-11-21(12-10-17)18(22)23-19(2,3)4/h5,7-8,13,17,20H,6,9-12,14H2,1-4H3. The van der Waals surface area contributed by atoms with E-state index in [1.165, 1.54) is 11.1 Å². The quantitative estimate of drug-likeness (QED) is 0.919. The van der Waals surface area contributed by atoms with Crippen LogP contribution >= 0.6 is 0 Å². The molecule has 1 aliphatic rings. The Morgan fingerprint density at radius 3 is 2.78 bits per heavy atom. The number of nitrogens with one attached hydrogen (secondary N) is 1. The van der Waals surface area contributed by atoms with Crippen molar-refractivity contribution < 1.29 is 9.53 Å². The number of benzene rings is 1. The van der Waals surface area contributed by atoms with Gasteiger partial charge in [-0.25, -0.2) is 4.79 Å². The van der Waals surface area contributed by atoms with Crippen molar-refractivity contribution in [2.45, 2.75) is 65.1 Å². The largest absolute Gasteiger partial charge is 0.444 e. The molecular formula is C19H30N2O2. The van der Waals surface area contributed by atoms with Crippen molar-refractivity contribution in [2.24, 2.45) is 0 Å². The second-order valence-electron chi connectivity index (χ2n) is 7.47. The lowest BCUT2D eigenvalue weighted by atomic mass is 10.1. The average Bonchev–Trinajstić information content (AvgIpc) is 2.69. The molecule has 0 saturated carbocycles. The summed E-state index contributed by atoms with van der Waals surface area (Å²) in [6.07, 6.45) is 2.91. The molecule has 1 unspecified atom stereocenters. The van der Waals surface area contributed by atoms with Gasteiger partial charge in [-0.1, -0.05) is 29.8 Å². The summed E-state index contributed by atoms with van der Waals surface area (Å²) < 4.78 is 5.48. The highest BCUT2D eigenvalue weighted by atomic mass is 16.6. The Morgan fingerprint density at radius 1 is 1.30 bits per heavy atom. The van der Waals surface area contributed by atoms with Crippen LogP contribution in [0.2, 0.25) is 0 Å². The first-order chi connectivity index (χ1) is 10.8. The third-order valence-corrected chi connectivity index (χ3v) is 4.06. The Hall–Kier alpha value is -1.55. The predicted molar refractivity (Wildman–Crippen MR) is 93.5 cm³/mol. The van der Waals surface area contributed by atoms with Crippen LogP contribution in [0.3, 0.4) is 0 Å². The minimum absolute atomic E-state index is 0.183. The molecule has 128 valence electrons. The number of carbonyl (C=O) groups excluding carboxylic acids is 1. The van der Waals surface area contributed by atoms with Crippen LogP contribution in [0, 0.1) is 6.92 Å². The van der Waals surface area contributed by atoms with Gasteiger partial charge in [0.25, 0.3) is 0 Å². The van der Waals surface area contributed by atoms with Crippen LogP contribution in [0.5, 0.6) is 0 Å². The molecule has 0 aliphatic carbocycles. The van der Waals surface area contributed by atoms with E-state index in [0.717, 1.165) is 38.9 Å². The van der Waals surface area contributed by atoms with Crippen molar-refractivity contribution in [1.29, 1.82) is 0 Å². The van der Waals surface area contributed by atoms with E-state index in [9.17, 15) is 4.79 Å². The number of likely N-dealkylation sites (tertiary alicyclic amines) is 1. The van der Waals surface area contributed by atoms with Gasteiger partial charge in [-0.05, 0) is 52.5 Å². The first-order valence-corrected chi connectivity index (χ1v) is 8.60. The fourth-order valence-corrected chi connectivity index (χ4v) is 2.89. The minimum Gasteiger partial charge on any atom is -0.444 e. The first-order valence-electron chi connectivity index (χ1n) is 8.60. The van der Waals surface area contributed by atoms with Crippen molar-refractivity contribution in [3.05, 3.63) is 35.4 Å². The van der Waals surface area contributed by atoms with E-state index in [2.05, 4.69) is 36.5 Å². The normalized spacial score (nSPS) is 19.3. The maximum Gasteiger partial charge on any atom is 0.410 e. The van der Waals surface area contributed by atoms with E-state index in [0.29, 0.717) is 6.04 Å². The first kappa shape index (κ1) is 17.8. The number of rotatable bonds is 3. The molecule has 4 heteroatoms. The monoisotopic (exact) mass is 318 g/mol. The maximum absolute atomic E-state index is 12.2. The summed E-state index contributed by atoms with van der Waals surface area (Å²) in [6.45, 7) is 10.3. The second-order valence-corrected chi connectivity index (χ2v) is 7.47. The Labute approximate surface area is 140 Å². The lowest BCUT2D eigenvalue weighted by molar-refractivity contribution is 0.0256. The molecule has 0 spiro atoms. The molecule has 0 bridgehead atoms. The highest BCUT2D eigenvalue weighted by molar-refractivity contribution is 5.68. The van der Waals surface area contributed by atoms with Crippen molar-refractivity contribution in [3.8, 4) is 0 Å². The summed E-state index contributed by atoms with van der Waals surface area (Å²) in [6, 6.07) is 9.06. The van der Waals surface area contributed by atoms with E-state index >= 15 is 0 Å². The fourth-order valence-electron chi connectivity index (χ4n) is 2.89. The van der Waals surface area contributed by atoms with E-state index < -0.39 is 5.60 Å². The lowest BCUT2D eigenvalue weighted by Crippen LogP contribution is -2.38. The molecular weight excluding hydrogens is 288 g/mol. The van der Waals surface area contributed by atoms with E-state index in [-0.39, 0.29) is 6.09 Å². The van der Waals surface area contributed by atoms with Crippen LogP contribution in [0.1, 0.15) is 51.2 Å². The molecule has 1 amide bonds. The second kappa shape index (κ2) is 7.82. The number of nitrogens with zero attached hydrogens (tertiary/aromatic N) is 1. The average molecular weight is 318 g/mol. The maximum atomic E-state index is 12.2.